The molecule has 1 aliphatic heterocycles. The van der Waals surface area contributed by atoms with E-state index >= 15 is 0 Å². The molecule has 8 heteroatoms. The third-order valence-electron chi connectivity index (χ3n) is 3.97. The number of fused-ring (bicyclic) bond motifs is 1. The molecule has 3 rings (SSSR count). The summed E-state index contributed by atoms with van der Waals surface area (Å²) in [5.74, 6) is 1.45. The second-order valence-corrected chi connectivity index (χ2v) is 7.66. The van der Waals surface area contributed by atoms with Gasteiger partial charge in [-0.25, -0.2) is 13.1 Å². The molecule has 0 saturated heterocycles. The van der Waals surface area contributed by atoms with Gasteiger partial charge in [-0.1, -0.05) is 11.6 Å². The third kappa shape index (κ3) is 3.68. The van der Waals surface area contributed by atoms with Crippen molar-refractivity contribution in [2.75, 3.05) is 20.8 Å². The fraction of sp³-hybridized carbons (Fsp3) is 0.294. The van der Waals surface area contributed by atoms with Crippen LogP contribution in [0.4, 0.5) is 0 Å². The van der Waals surface area contributed by atoms with E-state index in [0.717, 1.165) is 5.56 Å². The van der Waals surface area contributed by atoms with Crippen LogP contribution in [0.3, 0.4) is 0 Å². The fourth-order valence-corrected chi connectivity index (χ4v) is 4.17. The van der Waals surface area contributed by atoms with Gasteiger partial charge in [0.15, 0.2) is 11.5 Å². The molecule has 1 unspecified atom stereocenters. The normalized spacial score (nSPS) is 16.7. The number of methoxy groups -OCH3 is 2. The highest BCUT2D eigenvalue weighted by molar-refractivity contribution is 7.89. The largest absolute Gasteiger partial charge is 0.493 e. The monoisotopic (exact) mass is 383 g/mol. The Labute approximate surface area is 151 Å². The first-order valence-electron chi connectivity index (χ1n) is 7.61. The summed E-state index contributed by atoms with van der Waals surface area (Å²) in [6.07, 6.45) is 0.514. The molecule has 0 aliphatic carbocycles. The third-order valence-corrected chi connectivity index (χ3v) is 5.68. The van der Waals surface area contributed by atoms with E-state index in [9.17, 15) is 8.42 Å². The van der Waals surface area contributed by atoms with Gasteiger partial charge in [0, 0.05) is 23.1 Å². The van der Waals surface area contributed by atoms with Crippen LogP contribution in [0.2, 0.25) is 5.02 Å². The first-order chi connectivity index (χ1) is 11.9. The van der Waals surface area contributed by atoms with Gasteiger partial charge in [0.2, 0.25) is 10.0 Å². The molecule has 6 nitrogen and oxygen atoms in total. The van der Waals surface area contributed by atoms with Crippen molar-refractivity contribution < 1.29 is 22.6 Å². The van der Waals surface area contributed by atoms with Crippen molar-refractivity contribution in [3.63, 3.8) is 0 Å². The van der Waals surface area contributed by atoms with E-state index in [2.05, 4.69) is 4.72 Å². The van der Waals surface area contributed by atoms with Crippen molar-refractivity contribution >= 4 is 21.6 Å². The van der Waals surface area contributed by atoms with E-state index in [0.29, 0.717) is 35.3 Å². The molecule has 134 valence electrons. The molecule has 0 spiro atoms. The Bertz CT molecular complexity index is 885. The van der Waals surface area contributed by atoms with Crippen molar-refractivity contribution in [2.24, 2.45) is 0 Å². The predicted octanol–water partition coefficient (Wildman–Crippen LogP) is 3.16. The van der Waals surface area contributed by atoms with Crippen molar-refractivity contribution in [1.29, 1.82) is 0 Å². The Balaban J connectivity index is 1.92. The van der Waals surface area contributed by atoms with Crippen molar-refractivity contribution in [3.05, 3.63) is 47.0 Å². The number of ether oxygens (including phenoxy) is 3. The van der Waals surface area contributed by atoms with Crippen LogP contribution in [0.15, 0.2) is 41.3 Å². The molecule has 1 heterocycles. The molecule has 0 amide bonds. The van der Waals surface area contributed by atoms with E-state index in [4.69, 9.17) is 25.8 Å². The van der Waals surface area contributed by atoms with Crippen LogP contribution in [0.5, 0.6) is 17.2 Å². The minimum absolute atomic E-state index is 0.0974. The predicted molar refractivity (Wildman–Crippen MR) is 94.2 cm³/mol. The zero-order chi connectivity index (χ0) is 18.0. The summed E-state index contributed by atoms with van der Waals surface area (Å²) in [6.45, 7) is 0.424. The van der Waals surface area contributed by atoms with Gasteiger partial charge in [-0.2, -0.15) is 0 Å². The first kappa shape index (κ1) is 17.8. The van der Waals surface area contributed by atoms with Gasteiger partial charge in [0.1, 0.15) is 5.75 Å². The summed E-state index contributed by atoms with van der Waals surface area (Å²) in [6, 6.07) is 9.22. The number of hydrogen-bond acceptors (Lipinski definition) is 5. The molecule has 0 radical (unpaired) electrons. The summed E-state index contributed by atoms with van der Waals surface area (Å²) >= 11 is 6.04. The Morgan fingerprint density at radius 1 is 1.12 bits per heavy atom. The quantitative estimate of drug-likeness (QED) is 0.858. The lowest BCUT2D eigenvalue weighted by Gasteiger charge is -2.26. The number of nitrogens with one attached hydrogen (secondary N) is 1. The van der Waals surface area contributed by atoms with E-state index in [1.165, 1.54) is 26.4 Å². The second-order valence-electron chi connectivity index (χ2n) is 5.51. The van der Waals surface area contributed by atoms with E-state index < -0.39 is 16.1 Å². The summed E-state index contributed by atoms with van der Waals surface area (Å²) in [5, 5.41) is 0.527. The number of sulfonamides is 1. The van der Waals surface area contributed by atoms with E-state index in [1.54, 1.807) is 24.3 Å². The molecular formula is C17H18ClNO5S. The molecule has 2 aromatic carbocycles. The van der Waals surface area contributed by atoms with Gasteiger partial charge in [-0.3, -0.25) is 0 Å². The lowest BCUT2D eigenvalue weighted by atomic mass is 10.0. The molecule has 0 saturated carbocycles. The van der Waals surface area contributed by atoms with Crippen LogP contribution in [-0.4, -0.2) is 29.2 Å². The molecular weight excluding hydrogens is 366 g/mol. The SMILES string of the molecule is COc1ccc(S(=O)(=O)NC2CCOc3ccc(Cl)cc32)cc1OC. The molecule has 0 fully saturated rings. The van der Waals surface area contributed by atoms with Crippen LogP contribution in [-0.2, 0) is 10.0 Å². The number of benzene rings is 2. The van der Waals surface area contributed by atoms with Gasteiger partial charge in [-0.05, 0) is 30.3 Å². The molecule has 1 aliphatic rings. The molecule has 2 aromatic rings. The average Bonchev–Trinajstić information content (AvgIpc) is 2.61. The highest BCUT2D eigenvalue weighted by atomic mass is 35.5. The fourth-order valence-electron chi connectivity index (χ4n) is 2.73. The van der Waals surface area contributed by atoms with Crippen LogP contribution in [0.25, 0.3) is 0 Å². The first-order valence-corrected chi connectivity index (χ1v) is 9.47. The lowest BCUT2D eigenvalue weighted by Crippen LogP contribution is -2.32. The van der Waals surface area contributed by atoms with E-state index in [-0.39, 0.29) is 4.90 Å². The van der Waals surface area contributed by atoms with Crippen molar-refractivity contribution in [3.8, 4) is 17.2 Å². The number of halogens is 1. The highest BCUT2D eigenvalue weighted by Crippen LogP contribution is 2.35. The molecule has 25 heavy (non-hydrogen) atoms. The topological polar surface area (TPSA) is 73.9 Å². The van der Waals surface area contributed by atoms with Crippen LogP contribution >= 0.6 is 11.6 Å². The zero-order valence-electron chi connectivity index (χ0n) is 13.8. The Kier molecular flexibility index (Phi) is 5.08. The maximum atomic E-state index is 12.8. The standard InChI is InChI=1S/C17H18ClNO5S/c1-22-16-6-4-12(10-17(16)23-2)25(20,21)19-14-7-8-24-15-5-3-11(18)9-13(14)15/h3-6,9-10,14,19H,7-8H2,1-2H3. The Morgan fingerprint density at radius 2 is 1.88 bits per heavy atom. The van der Waals surface area contributed by atoms with Crippen molar-refractivity contribution in [2.45, 2.75) is 17.4 Å². The van der Waals surface area contributed by atoms with Crippen LogP contribution in [0.1, 0.15) is 18.0 Å². The summed E-state index contributed by atoms with van der Waals surface area (Å²) in [4.78, 5) is 0.0974. The van der Waals surface area contributed by atoms with Crippen LogP contribution < -0.4 is 18.9 Å². The van der Waals surface area contributed by atoms with Gasteiger partial charge in [-0.15, -0.1) is 0 Å². The van der Waals surface area contributed by atoms with Gasteiger partial charge in [0.25, 0.3) is 0 Å². The van der Waals surface area contributed by atoms with E-state index in [1.807, 2.05) is 0 Å². The van der Waals surface area contributed by atoms with Gasteiger partial charge >= 0.3 is 0 Å². The highest BCUT2D eigenvalue weighted by Gasteiger charge is 2.27. The molecule has 0 bridgehead atoms. The average molecular weight is 384 g/mol. The van der Waals surface area contributed by atoms with Crippen LogP contribution in [0, 0.1) is 0 Å². The minimum Gasteiger partial charge on any atom is -0.493 e. The Hall–Kier alpha value is -1.96. The lowest BCUT2D eigenvalue weighted by molar-refractivity contribution is 0.263. The number of hydrogen-bond donors (Lipinski definition) is 1. The summed E-state index contributed by atoms with van der Waals surface area (Å²) in [5.41, 5.74) is 0.725. The maximum absolute atomic E-state index is 12.8. The summed E-state index contributed by atoms with van der Waals surface area (Å²) in [7, 11) is -0.807. The maximum Gasteiger partial charge on any atom is 0.241 e. The second kappa shape index (κ2) is 7.11. The van der Waals surface area contributed by atoms with Gasteiger partial charge < -0.3 is 14.2 Å². The Morgan fingerprint density at radius 3 is 2.60 bits per heavy atom. The summed E-state index contributed by atoms with van der Waals surface area (Å²) < 4.78 is 44.2. The smallest absolute Gasteiger partial charge is 0.241 e. The minimum atomic E-state index is -3.76. The molecule has 1 N–H and O–H groups in total. The zero-order valence-corrected chi connectivity index (χ0v) is 15.4. The number of rotatable bonds is 5. The van der Waals surface area contributed by atoms with Gasteiger partial charge in [0.05, 0.1) is 31.8 Å². The molecule has 1 atom stereocenters. The van der Waals surface area contributed by atoms with Crippen molar-refractivity contribution in [1.82, 2.24) is 4.72 Å². The molecule has 0 aromatic heterocycles.